The average Bonchev–Trinajstić information content (AvgIpc) is 3.09. The third-order valence-electron chi connectivity index (χ3n) is 5.36. The van der Waals surface area contributed by atoms with Crippen molar-refractivity contribution in [2.45, 2.75) is 38.1 Å². The van der Waals surface area contributed by atoms with Crippen LogP contribution in [-0.4, -0.2) is 41.2 Å². The van der Waals surface area contributed by atoms with Crippen molar-refractivity contribution in [3.05, 3.63) is 53.1 Å². The van der Waals surface area contributed by atoms with Gasteiger partial charge in [0.15, 0.2) is 22.5 Å². The largest absolute Gasteiger partial charge is 0.493 e. The van der Waals surface area contributed by atoms with Crippen LogP contribution in [0.4, 0.5) is 5.82 Å². The minimum absolute atomic E-state index is 0.00791. The molecule has 1 aromatic carbocycles. The normalized spacial score (nSPS) is 20.2. The number of thioether (sulfide) groups is 1. The van der Waals surface area contributed by atoms with Crippen molar-refractivity contribution in [3.63, 3.8) is 0 Å². The first-order chi connectivity index (χ1) is 14.7. The summed E-state index contributed by atoms with van der Waals surface area (Å²) in [5.74, 6) is 1.84. The van der Waals surface area contributed by atoms with Gasteiger partial charge in [-0.15, -0.1) is 0 Å². The molecule has 2 heterocycles. The van der Waals surface area contributed by atoms with Gasteiger partial charge in [0.05, 0.1) is 19.1 Å². The Morgan fingerprint density at radius 2 is 1.93 bits per heavy atom. The van der Waals surface area contributed by atoms with E-state index in [2.05, 4.69) is 4.98 Å². The highest BCUT2D eigenvalue weighted by Gasteiger charge is 2.39. The molecule has 1 aliphatic carbocycles. The second kappa shape index (κ2) is 9.34. The number of amidine groups is 1. The maximum Gasteiger partial charge on any atom is 0.267 e. The smallest absolute Gasteiger partial charge is 0.267 e. The summed E-state index contributed by atoms with van der Waals surface area (Å²) in [6.07, 6.45) is 9.08. The highest BCUT2D eigenvalue weighted by Crippen LogP contribution is 2.40. The lowest BCUT2D eigenvalue weighted by Gasteiger charge is -2.30. The summed E-state index contributed by atoms with van der Waals surface area (Å²) in [7, 11) is 3.21. The Hall–Kier alpha value is -2.80. The standard InChI is InChI=1S/C23H25N3O3S/c1-28-18-12-8-9-16(21(18)29-2)15-19-22(27)26(17-10-4-3-5-11-17)23(30-19)25-20-13-6-7-14-24-20/h6-9,12-15,17H,3-5,10-11H2,1-2H3/b19-15-,25-23+. The molecule has 30 heavy (non-hydrogen) atoms. The average molecular weight is 424 g/mol. The van der Waals surface area contributed by atoms with Crippen molar-refractivity contribution in [2.24, 2.45) is 4.99 Å². The van der Waals surface area contributed by atoms with E-state index in [1.165, 1.54) is 18.2 Å². The molecule has 2 fully saturated rings. The van der Waals surface area contributed by atoms with Gasteiger partial charge in [0.1, 0.15) is 0 Å². The third-order valence-corrected chi connectivity index (χ3v) is 6.34. The fourth-order valence-electron chi connectivity index (χ4n) is 3.91. The first-order valence-electron chi connectivity index (χ1n) is 10.1. The number of benzene rings is 1. The van der Waals surface area contributed by atoms with Crippen LogP contribution >= 0.6 is 11.8 Å². The summed E-state index contributed by atoms with van der Waals surface area (Å²) in [5.41, 5.74) is 0.801. The number of amides is 1. The summed E-state index contributed by atoms with van der Waals surface area (Å²) in [5, 5.41) is 0.693. The number of aromatic nitrogens is 1. The molecule has 0 bridgehead atoms. The summed E-state index contributed by atoms with van der Waals surface area (Å²) in [6, 6.07) is 11.4. The molecule has 0 atom stereocenters. The zero-order valence-electron chi connectivity index (χ0n) is 17.2. The van der Waals surface area contributed by atoms with Gasteiger partial charge in [-0.2, -0.15) is 0 Å². The van der Waals surface area contributed by atoms with E-state index in [0.717, 1.165) is 31.2 Å². The minimum Gasteiger partial charge on any atom is -0.493 e. The zero-order valence-corrected chi connectivity index (χ0v) is 18.0. The monoisotopic (exact) mass is 423 g/mol. The SMILES string of the molecule is COc1cccc(/C=C2\S/C(=N/c3ccccn3)N(C3CCCCC3)C2=O)c1OC. The quantitative estimate of drug-likeness (QED) is 0.631. The first-order valence-corrected chi connectivity index (χ1v) is 11.0. The van der Waals surface area contributed by atoms with Crippen LogP contribution in [0.25, 0.3) is 6.08 Å². The van der Waals surface area contributed by atoms with E-state index >= 15 is 0 Å². The molecule has 1 saturated heterocycles. The lowest BCUT2D eigenvalue weighted by molar-refractivity contribution is -0.124. The third kappa shape index (κ3) is 4.21. The molecule has 4 rings (SSSR count). The number of carbonyl (C=O) groups excluding carboxylic acids is 1. The Labute approximate surface area is 181 Å². The topological polar surface area (TPSA) is 64.0 Å². The number of aliphatic imine (C=N–C) groups is 1. The van der Waals surface area contributed by atoms with Crippen LogP contribution in [0.3, 0.4) is 0 Å². The molecule has 0 unspecified atom stereocenters. The molecule has 6 nitrogen and oxygen atoms in total. The predicted molar refractivity (Wildman–Crippen MR) is 120 cm³/mol. The van der Waals surface area contributed by atoms with Crippen molar-refractivity contribution in [3.8, 4) is 11.5 Å². The van der Waals surface area contributed by atoms with Gasteiger partial charge in [0, 0.05) is 17.8 Å². The van der Waals surface area contributed by atoms with Crippen molar-refractivity contribution >= 4 is 34.7 Å². The molecule has 156 valence electrons. The van der Waals surface area contributed by atoms with Crippen LogP contribution in [-0.2, 0) is 4.79 Å². The second-order valence-electron chi connectivity index (χ2n) is 7.24. The van der Waals surface area contributed by atoms with Gasteiger partial charge in [-0.1, -0.05) is 37.5 Å². The van der Waals surface area contributed by atoms with Crippen molar-refractivity contribution in [2.75, 3.05) is 14.2 Å². The molecule has 2 aliphatic rings. The van der Waals surface area contributed by atoms with E-state index in [0.29, 0.717) is 27.4 Å². The lowest BCUT2D eigenvalue weighted by Crippen LogP contribution is -2.40. The Morgan fingerprint density at radius 3 is 2.63 bits per heavy atom. The maximum atomic E-state index is 13.4. The van der Waals surface area contributed by atoms with Gasteiger partial charge < -0.3 is 9.47 Å². The Bertz CT molecular complexity index is 969. The van der Waals surface area contributed by atoms with Crippen LogP contribution in [0.5, 0.6) is 11.5 Å². The molecule has 1 aliphatic heterocycles. The number of carbonyl (C=O) groups is 1. The molecule has 1 saturated carbocycles. The second-order valence-corrected chi connectivity index (χ2v) is 8.25. The van der Waals surface area contributed by atoms with Crippen LogP contribution < -0.4 is 9.47 Å². The number of pyridine rings is 1. The molecule has 0 spiro atoms. The fraction of sp³-hybridized carbons (Fsp3) is 0.348. The Balaban J connectivity index is 1.73. The van der Waals surface area contributed by atoms with Crippen LogP contribution in [0.15, 0.2) is 52.5 Å². The van der Waals surface area contributed by atoms with Gasteiger partial charge in [-0.05, 0) is 48.9 Å². The van der Waals surface area contributed by atoms with Crippen LogP contribution in [0, 0.1) is 0 Å². The summed E-state index contributed by atoms with van der Waals surface area (Å²) in [6.45, 7) is 0. The van der Waals surface area contributed by atoms with Crippen LogP contribution in [0.2, 0.25) is 0 Å². The van der Waals surface area contributed by atoms with E-state index in [1.807, 2.05) is 47.4 Å². The molecule has 1 aromatic heterocycles. The van der Waals surface area contributed by atoms with E-state index in [4.69, 9.17) is 14.5 Å². The first kappa shape index (κ1) is 20.5. The number of para-hydroxylation sites is 1. The van der Waals surface area contributed by atoms with Gasteiger partial charge >= 0.3 is 0 Å². The highest BCUT2D eigenvalue weighted by molar-refractivity contribution is 8.18. The molecule has 0 radical (unpaired) electrons. The summed E-state index contributed by atoms with van der Waals surface area (Å²) >= 11 is 1.39. The van der Waals surface area contributed by atoms with E-state index in [1.54, 1.807) is 20.4 Å². The zero-order chi connectivity index (χ0) is 20.9. The lowest BCUT2D eigenvalue weighted by atomic mass is 9.94. The van der Waals surface area contributed by atoms with E-state index in [9.17, 15) is 4.79 Å². The minimum atomic E-state index is -0.00791. The predicted octanol–water partition coefficient (Wildman–Crippen LogP) is 5.04. The number of nitrogens with zero attached hydrogens (tertiary/aromatic N) is 3. The molecule has 0 N–H and O–H groups in total. The molecule has 7 heteroatoms. The number of ether oxygens (including phenoxy) is 2. The maximum absolute atomic E-state index is 13.4. The van der Waals surface area contributed by atoms with Crippen molar-refractivity contribution in [1.82, 2.24) is 9.88 Å². The molecular formula is C23H25N3O3S. The Kier molecular flexibility index (Phi) is 6.38. The van der Waals surface area contributed by atoms with Gasteiger partial charge in [-0.25, -0.2) is 9.98 Å². The number of rotatable bonds is 5. The molecule has 1 amide bonds. The van der Waals surface area contributed by atoms with Gasteiger partial charge in [0.25, 0.3) is 5.91 Å². The Morgan fingerprint density at radius 1 is 1.10 bits per heavy atom. The fourth-order valence-corrected chi connectivity index (χ4v) is 4.95. The highest BCUT2D eigenvalue weighted by atomic mass is 32.2. The van der Waals surface area contributed by atoms with Crippen LogP contribution in [0.1, 0.15) is 37.7 Å². The van der Waals surface area contributed by atoms with Crippen molar-refractivity contribution in [1.29, 1.82) is 0 Å². The number of methoxy groups -OCH3 is 2. The van der Waals surface area contributed by atoms with E-state index in [-0.39, 0.29) is 11.9 Å². The molecular weight excluding hydrogens is 398 g/mol. The molecule has 2 aromatic rings. The number of hydrogen-bond donors (Lipinski definition) is 0. The van der Waals surface area contributed by atoms with E-state index < -0.39 is 0 Å². The van der Waals surface area contributed by atoms with Gasteiger partial charge in [0.2, 0.25) is 0 Å². The van der Waals surface area contributed by atoms with Crippen molar-refractivity contribution < 1.29 is 14.3 Å². The number of hydrogen-bond acceptors (Lipinski definition) is 6. The summed E-state index contributed by atoms with van der Waals surface area (Å²) < 4.78 is 10.9. The van der Waals surface area contributed by atoms with Gasteiger partial charge in [-0.3, -0.25) is 9.69 Å². The summed E-state index contributed by atoms with van der Waals surface area (Å²) in [4.78, 5) is 24.9.